The van der Waals surface area contributed by atoms with Crippen LogP contribution in [0.5, 0.6) is 0 Å². The molecule has 0 atom stereocenters. The molecule has 4 heterocycles. The fourth-order valence-corrected chi connectivity index (χ4v) is 14.2. The number of nitrogens with zero attached hydrogens (tertiary/aromatic N) is 8. The number of nitrogen functional groups attached to an aromatic ring is 1. The molecule has 87 heavy (non-hydrogen) atoms. The number of allylic oxidation sites excluding steroid dienone is 1. The molecular formula is C62H77Cl3F2N14O4P2. The molecular weight excluding hydrogens is 1210 g/mol. The van der Waals surface area contributed by atoms with Crippen LogP contribution in [0.15, 0.2) is 122 Å². The molecule has 464 valence electrons. The molecule has 25 heteroatoms. The lowest BCUT2D eigenvalue weighted by Crippen LogP contribution is -2.53. The van der Waals surface area contributed by atoms with Crippen LogP contribution in [-0.4, -0.2) is 134 Å². The van der Waals surface area contributed by atoms with Crippen molar-refractivity contribution < 1.29 is 27.5 Å². The smallest absolute Gasteiger partial charge is 0.283 e. The first-order chi connectivity index (χ1) is 41.0. The van der Waals surface area contributed by atoms with Crippen molar-refractivity contribution in [3.8, 4) is 0 Å². The molecule has 7 N–H and O–H groups in total. The predicted octanol–water partition coefficient (Wildman–Crippen LogP) is 13.6. The number of amides is 1. The third kappa shape index (κ3) is 17.0. The minimum absolute atomic E-state index is 0.251. The van der Waals surface area contributed by atoms with E-state index in [9.17, 15) is 27.5 Å². The summed E-state index contributed by atoms with van der Waals surface area (Å²) < 4.78 is 50.4. The molecule has 10 rings (SSSR count). The first kappa shape index (κ1) is 66.3. The number of para-hydroxylation sites is 2. The summed E-state index contributed by atoms with van der Waals surface area (Å²) in [4.78, 5) is 48.8. The van der Waals surface area contributed by atoms with Crippen LogP contribution >= 0.6 is 49.1 Å². The standard InChI is InChI=1S/C31H38ClFN7O2P.C28H37ClN7OP.C3H2ClFO/c1-20(33)29(41)37-25-16-21(10-11-26(25)40-14-12-31(13-15-40)17-22(18-31)39(2)3)35-30-34-19-23(32)28(38-30)36-24-8-6-7-9-27(24)43(4,5)42;1-35(2)20-16-28(17-20)11-13-36(14-12-28)24-10-9-19(15-22(24)30)32-27-31-18-21(29)26(34-27)33-23-7-5-6-8-25(23)38(3,4)37;1-2(5)3(4)6/h6-11,16,19,22H,1,12-15,17-18H2,2-5H3,(H,37,41)(H2,34,35,36,38);5-10,15,18,20H,11-14,16-17,30H2,1-4H3,(H2,31,32,33,34);1H2. The number of hydrogen-bond donors (Lipinski definition) is 6. The largest absolute Gasteiger partial charge is 0.397 e. The molecule has 1 amide bonds. The van der Waals surface area contributed by atoms with Gasteiger partial charge in [-0.05, 0) is 189 Å². The number of nitrogens with one attached hydrogen (secondary N) is 5. The highest BCUT2D eigenvalue weighted by Gasteiger charge is 2.48. The number of carbonyl (C=O) groups excluding carboxylic acids is 2. The maximum Gasteiger partial charge on any atom is 0.283 e. The van der Waals surface area contributed by atoms with E-state index in [-0.39, 0.29) is 5.95 Å². The zero-order valence-electron chi connectivity index (χ0n) is 50.4. The molecule has 4 aromatic carbocycles. The van der Waals surface area contributed by atoms with Crippen LogP contribution < -0.4 is 52.7 Å². The third-order valence-electron chi connectivity index (χ3n) is 16.7. The van der Waals surface area contributed by atoms with Crippen LogP contribution in [-0.2, 0) is 18.7 Å². The molecule has 4 fully saturated rings. The number of halogens is 5. The number of carbonyl (C=O) groups is 2. The Labute approximate surface area is 523 Å². The Morgan fingerprint density at radius 1 is 0.609 bits per heavy atom. The summed E-state index contributed by atoms with van der Waals surface area (Å²) in [5.41, 5.74) is 13.2. The van der Waals surface area contributed by atoms with Crippen molar-refractivity contribution in [2.45, 2.75) is 63.5 Å². The number of nitrogens with two attached hydrogens (primary N) is 1. The molecule has 2 saturated heterocycles. The lowest BCUT2D eigenvalue weighted by molar-refractivity contribution is -0.114. The van der Waals surface area contributed by atoms with E-state index in [1.165, 1.54) is 44.7 Å². The molecule has 0 radical (unpaired) electrons. The summed E-state index contributed by atoms with van der Waals surface area (Å²) in [6, 6.07) is 27.7. The highest BCUT2D eigenvalue weighted by atomic mass is 35.5. The monoisotopic (exact) mass is 1290 g/mol. The second kappa shape index (κ2) is 27.8. The first-order valence-corrected chi connectivity index (χ1v) is 34.8. The molecule has 2 aliphatic carbocycles. The average Bonchev–Trinajstić information content (AvgIpc) is 0.969. The summed E-state index contributed by atoms with van der Waals surface area (Å²) in [7, 11) is 3.59. The van der Waals surface area contributed by atoms with E-state index in [0.717, 1.165) is 73.1 Å². The molecule has 2 spiro atoms. The number of anilines is 12. The fraction of sp³-hybridized carbons (Fsp3) is 0.387. The van der Waals surface area contributed by atoms with Crippen molar-refractivity contribution in [2.24, 2.45) is 10.8 Å². The molecule has 2 aromatic heterocycles. The van der Waals surface area contributed by atoms with Gasteiger partial charge < -0.3 is 61.0 Å². The molecule has 6 aromatic rings. The van der Waals surface area contributed by atoms with Crippen LogP contribution in [0.3, 0.4) is 0 Å². The van der Waals surface area contributed by atoms with Gasteiger partial charge in [0, 0.05) is 60.2 Å². The van der Waals surface area contributed by atoms with Crippen molar-refractivity contribution >= 4 is 140 Å². The van der Waals surface area contributed by atoms with Crippen LogP contribution in [0.4, 0.5) is 77.8 Å². The van der Waals surface area contributed by atoms with Gasteiger partial charge in [0.05, 0.1) is 46.5 Å². The molecule has 2 saturated carbocycles. The minimum Gasteiger partial charge on any atom is -0.397 e. The van der Waals surface area contributed by atoms with Gasteiger partial charge in [-0.15, -0.1) is 0 Å². The van der Waals surface area contributed by atoms with E-state index in [2.05, 4.69) is 125 Å². The molecule has 0 bridgehead atoms. The van der Waals surface area contributed by atoms with Gasteiger partial charge in [0.25, 0.3) is 11.1 Å². The second-order valence-corrected chi connectivity index (χ2v) is 31.6. The Kier molecular flexibility index (Phi) is 21.2. The highest BCUT2D eigenvalue weighted by molar-refractivity contribution is 7.70. The maximum atomic E-state index is 13.7. The minimum atomic E-state index is -2.57. The summed E-state index contributed by atoms with van der Waals surface area (Å²) in [6.45, 7) is 16.4. The molecule has 2 aliphatic heterocycles. The SMILES string of the molecule is C=C(F)C(=O)Cl.C=C(F)C(=O)Nc1cc(Nc2ncc(Cl)c(Nc3ccccc3P(C)(C)=O)n2)ccc1N1CCC2(CC1)CC(N(C)C)C2.CN(C)C1CC2(CCN(c3ccc(Nc4ncc(Cl)c(Nc5ccccc5P(C)(C)=O)n4)cc3N)CC2)C1. The number of aromatic nitrogens is 4. The van der Waals surface area contributed by atoms with E-state index >= 15 is 0 Å². The van der Waals surface area contributed by atoms with Gasteiger partial charge in [0.1, 0.15) is 24.3 Å². The summed E-state index contributed by atoms with van der Waals surface area (Å²) >= 11 is 17.3. The van der Waals surface area contributed by atoms with Gasteiger partial charge in [-0.3, -0.25) is 9.59 Å². The van der Waals surface area contributed by atoms with E-state index in [4.69, 9.17) is 28.9 Å². The van der Waals surface area contributed by atoms with Crippen LogP contribution in [0.2, 0.25) is 10.0 Å². The normalized spacial score (nSPS) is 17.0. The second-order valence-electron chi connectivity index (χ2n) is 24.1. The van der Waals surface area contributed by atoms with Crippen molar-refractivity contribution in [2.75, 3.05) is 123 Å². The number of hydrogen-bond acceptors (Lipinski definition) is 17. The quantitative estimate of drug-likeness (QED) is 0.0216. The molecule has 0 unspecified atom stereocenters. The summed E-state index contributed by atoms with van der Waals surface area (Å²) in [5.74, 6) is -1.66. The lowest BCUT2D eigenvalue weighted by atomic mass is 9.60. The molecule has 4 aliphatic rings. The van der Waals surface area contributed by atoms with Gasteiger partial charge in [0.15, 0.2) is 23.3 Å². The zero-order valence-corrected chi connectivity index (χ0v) is 54.4. The van der Waals surface area contributed by atoms with Crippen LogP contribution in [0.1, 0.15) is 51.4 Å². The zero-order chi connectivity index (χ0) is 63.2. The van der Waals surface area contributed by atoms with Crippen molar-refractivity contribution in [3.05, 3.63) is 132 Å². The summed E-state index contributed by atoms with van der Waals surface area (Å²) in [6.07, 6.45) is 12.6. The van der Waals surface area contributed by atoms with Gasteiger partial charge in [-0.1, -0.05) is 60.6 Å². The average molecular weight is 1290 g/mol. The highest BCUT2D eigenvalue weighted by Crippen LogP contribution is 2.53. The lowest BCUT2D eigenvalue weighted by Gasteiger charge is -2.54. The van der Waals surface area contributed by atoms with Crippen molar-refractivity contribution in [3.63, 3.8) is 0 Å². The first-order valence-electron chi connectivity index (χ1n) is 28.5. The van der Waals surface area contributed by atoms with Gasteiger partial charge >= 0.3 is 0 Å². The van der Waals surface area contributed by atoms with Gasteiger partial charge in [0.2, 0.25) is 11.9 Å². The Morgan fingerprint density at radius 2 is 1.00 bits per heavy atom. The van der Waals surface area contributed by atoms with E-state index in [1.54, 1.807) is 38.9 Å². The Morgan fingerprint density at radius 3 is 1.38 bits per heavy atom. The van der Waals surface area contributed by atoms with Crippen molar-refractivity contribution in [1.29, 1.82) is 0 Å². The van der Waals surface area contributed by atoms with Crippen LogP contribution in [0, 0.1) is 10.8 Å². The number of rotatable bonds is 17. The predicted molar refractivity (Wildman–Crippen MR) is 357 cm³/mol. The topological polar surface area (TPSA) is 219 Å². The van der Waals surface area contributed by atoms with Gasteiger partial charge in [-0.25, -0.2) is 18.7 Å². The van der Waals surface area contributed by atoms with Gasteiger partial charge in [-0.2, -0.15) is 9.97 Å². The Hall–Kier alpha value is -6.63. The number of piperidine rings is 2. The van der Waals surface area contributed by atoms with E-state index in [0.29, 0.717) is 72.6 Å². The fourth-order valence-electron chi connectivity index (χ4n) is 11.6. The van der Waals surface area contributed by atoms with E-state index in [1.807, 2.05) is 72.8 Å². The van der Waals surface area contributed by atoms with Crippen molar-refractivity contribution in [1.82, 2.24) is 29.7 Å². The molecule has 18 nitrogen and oxygen atoms in total. The number of benzene rings is 4. The third-order valence-corrected chi connectivity index (χ3v) is 20.5. The van der Waals surface area contributed by atoms with Crippen LogP contribution in [0.25, 0.3) is 0 Å². The summed E-state index contributed by atoms with van der Waals surface area (Å²) in [5, 5.41) is 16.4. The Balaban J connectivity index is 0.000000208. The van der Waals surface area contributed by atoms with E-state index < -0.39 is 37.1 Å². The maximum absolute atomic E-state index is 13.7. The Bertz CT molecular complexity index is 3600.